The summed E-state index contributed by atoms with van der Waals surface area (Å²) in [5, 5.41) is 17.6. The van der Waals surface area contributed by atoms with Gasteiger partial charge in [0.15, 0.2) is 0 Å². The third-order valence-corrected chi connectivity index (χ3v) is 1.63. The molecular formula is C10H20O6S. The van der Waals surface area contributed by atoms with E-state index in [1.165, 1.54) is 7.11 Å². The molecule has 0 amide bonds. The standard InChI is InChI=1S/C7H16O4.C3H4O2S/c1-6(3-8)11-5-7(9)4-10-2;1-2-3(4)5-6/h6-9H,3-5H2,1-2H3;2,6H,1H2. The van der Waals surface area contributed by atoms with Crippen molar-refractivity contribution in [2.24, 2.45) is 0 Å². The molecule has 0 saturated heterocycles. The van der Waals surface area contributed by atoms with Crippen LogP contribution in [-0.4, -0.2) is 55.3 Å². The second kappa shape index (κ2) is 13.5. The van der Waals surface area contributed by atoms with Gasteiger partial charge in [-0.15, -0.1) is 0 Å². The van der Waals surface area contributed by atoms with E-state index in [1.54, 1.807) is 6.92 Å². The Hall–Kier alpha value is -0.600. The summed E-state index contributed by atoms with van der Waals surface area (Å²) in [5.41, 5.74) is 0. The Kier molecular flexibility index (Phi) is 14.9. The van der Waals surface area contributed by atoms with Crippen LogP contribution in [0.2, 0.25) is 0 Å². The van der Waals surface area contributed by atoms with Crippen molar-refractivity contribution in [3.05, 3.63) is 12.7 Å². The molecule has 0 heterocycles. The zero-order chi connectivity index (χ0) is 13.7. The lowest BCUT2D eigenvalue weighted by molar-refractivity contribution is -0.127. The molecule has 17 heavy (non-hydrogen) atoms. The van der Waals surface area contributed by atoms with Gasteiger partial charge < -0.3 is 23.9 Å². The van der Waals surface area contributed by atoms with Gasteiger partial charge in [-0.1, -0.05) is 6.58 Å². The first-order chi connectivity index (χ1) is 8.01. The first-order valence-electron chi connectivity index (χ1n) is 4.89. The van der Waals surface area contributed by atoms with Crippen molar-refractivity contribution in [3.63, 3.8) is 0 Å². The van der Waals surface area contributed by atoms with Crippen LogP contribution in [0.15, 0.2) is 12.7 Å². The molecule has 0 aliphatic carbocycles. The molecule has 7 heteroatoms. The van der Waals surface area contributed by atoms with Crippen LogP contribution in [0.5, 0.6) is 0 Å². The monoisotopic (exact) mass is 268 g/mol. The zero-order valence-electron chi connectivity index (χ0n) is 10.0. The van der Waals surface area contributed by atoms with E-state index in [0.717, 1.165) is 6.08 Å². The predicted octanol–water partition coefficient (Wildman–Crippen LogP) is -0.0485. The highest BCUT2D eigenvalue weighted by atomic mass is 32.1. The Balaban J connectivity index is 0. The SMILES string of the molecule is C=CC(=O)OS.COCC(O)COC(C)CO. The molecule has 0 aliphatic heterocycles. The molecule has 6 nitrogen and oxygen atoms in total. The highest BCUT2D eigenvalue weighted by Crippen LogP contribution is 1.92. The van der Waals surface area contributed by atoms with Crippen LogP contribution in [0.3, 0.4) is 0 Å². The number of ether oxygens (including phenoxy) is 2. The van der Waals surface area contributed by atoms with Gasteiger partial charge in [-0.05, 0) is 6.92 Å². The van der Waals surface area contributed by atoms with Crippen molar-refractivity contribution in [3.8, 4) is 0 Å². The van der Waals surface area contributed by atoms with Crippen LogP contribution in [0, 0.1) is 0 Å². The van der Waals surface area contributed by atoms with Gasteiger partial charge in [0.2, 0.25) is 0 Å². The lowest BCUT2D eigenvalue weighted by Gasteiger charge is -2.13. The summed E-state index contributed by atoms with van der Waals surface area (Å²) < 4.78 is 13.5. The number of rotatable bonds is 7. The Bertz CT molecular complexity index is 199. The third-order valence-electron chi connectivity index (χ3n) is 1.45. The van der Waals surface area contributed by atoms with Crippen LogP contribution in [0.1, 0.15) is 6.92 Å². The molecule has 0 rings (SSSR count). The number of carbonyl (C=O) groups is 1. The highest BCUT2D eigenvalue weighted by Gasteiger charge is 2.05. The molecule has 2 atom stereocenters. The molecular weight excluding hydrogens is 248 g/mol. The molecule has 0 saturated carbocycles. The predicted molar refractivity (Wildman–Crippen MR) is 65.7 cm³/mol. The summed E-state index contributed by atoms with van der Waals surface area (Å²) >= 11 is 3.17. The highest BCUT2D eigenvalue weighted by molar-refractivity contribution is 7.75. The lowest BCUT2D eigenvalue weighted by Crippen LogP contribution is -2.25. The molecule has 102 valence electrons. The first-order valence-corrected chi connectivity index (χ1v) is 5.25. The smallest absolute Gasteiger partial charge is 0.341 e. The van der Waals surface area contributed by atoms with Crippen LogP contribution >= 0.6 is 12.9 Å². The van der Waals surface area contributed by atoms with Gasteiger partial charge in [-0.2, -0.15) is 0 Å². The van der Waals surface area contributed by atoms with E-state index in [-0.39, 0.29) is 25.9 Å². The van der Waals surface area contributed by atoms with Crippen LogP contribution in [-0.2, 0) is 18.5 Å². The second-order valence-electron chi connectivity index (χ2n) is 3.05. The topological polar surface area (TPSA) is 85.2 Å². The van der Waals surface area contributed by atoms with Crippen LogP contribution < -0.4 is 0 Å². The van der Waals surface area contributed by atoms with E-state index < -0.39 is 12.1 Å². The van der Waals surface area contributed by atoms with Crippen molar-refractivity contribution in [1.82, 2.24) is 0 Å². The number of aliphatic hydroxyl groups is 2. The van der Waals surface area contributed by atoms with Crippen molar-refractivity contribution in [1.29, 1.82) is 0 Å². The quantitative estimate of drug-likeness (QED) is 0.341. The zero-order valence-corrected chi connectivity index (χ0v) is 10.9. The summed E-state index contributed by atoms with van der Waals surface area (Å²) in [6.45, 7) is 5.28. The maximum Gasteiger partial charge on any atom is 0.341 e. The molecule has 0 spiro atoms. The molecule has 2 N–H and O–H groups in total. The molecule has 0 aromatic rings. The fourth-order valence-electron chi connectivity index (χ4n) is 0.606. The lowest BCUT2D eigenvalue weighted by atomic mass is 10.4. The van der Waals surface area contributed by atoms with E-state index in [9.17, 15) is 4.79 Å². The van der Waals surface area contributed by atoms with Crippen molar-refractivity contribution in [2.75, 3.05) is 26.9 Å². The van der Waals surface area contributed by atoms with Crippen LogP contribution in [0.4, 0.5) is 0 Å². The summed E-state index contributed by atoms with van der Waals surface area (Å²) in [6, 6.07) is 0. The average molecular weight is 268 g/mol. The molecule has 0 radical (unpaired) electrons. The fraction of sp³-hybridized carbons (Fsp3) is 0.700. The van der Waals surface area contributed by atoms with E-state index in [2.05, 4.69) is 28.4 Å². The summed E-state index contributed by atoms with van der Waals surface area (Å²) in [5.74, 6) is -0.529. The minimum absolute atomic E-state index is 0.0281. The number of hydrogen-bond donors (Lipinski definition) is 3. The Morgan fingerprint density at radius 1 is 1.53 bits per heavy atom. The normalized spacial score (nSPS) is 13.0. The van der Waals surface area contributed by atoms with Gasteiger partial charge in [0.25, 0.3) is 0 Å². The van der Waals surface area contributed by atoms with Crippen molar-refractivity contribution >= 4 is 18.9 Å². The number of hydrogen-bond acceptors (Lipinski definition) is 7. The van der Waals surface area contributed by atoms with Gasteiger partial charge in [0.1, 0.15) is 6.10 Å². The van der Waals surface area contributed by atoms with Gasteiger partial charge in [0, 0.05) is 26.1 Å². The summed E-state index contributed by atoms with van der Waals surface area (Å²) in [4.78, 5) is 9.76. The van der Waals surface area contributed by atoms with E-state index in [0.29, 0.717) is 0 Å². The molecule has 0 aliphatic rings. The van der Waals surface area contributed by atoms with Crippen molar-refractivity contribution < 1.29 is 28.7 Å². The number of carbonyl (C=O) groups excluding carboxylic acids is 1. The molecule has 0 bridgehead atoms. The maximum absolute atomic E-state index is 9.76. The van der Waals surface area contributed by atoms with Gasteiger partial charge >= 0.3 is 5.97 Å². The van der Waals surface area contributed by atoms with E-state index >= 15 is 0 Å². The third kappa shape index (κ3) is 15.4. The van der Waals surface area contributed by atoms with E-state index in [4.69, 9.17) is 14.9 Å². The minimum Gasteiger partial charge on any atom is -0.394 e. The Labute approximate surface area is 107 Å². The largest absolute Gasteiger partial charge is 0.394 e. The van der Waals surface area contributed by atoms with Gasteiger partial charge in [-0.25, -0.2) is 4.79 Å². The molecule has 2 unspecified atom stereocenters. The average Bonchev–Trinajstić information content (AvgIpc) is 2.35. The fourth-order valence-corrected chi connectivity index (χ4v) is 0.680. The maximum atomic E-state index is 9.76. The minimum atomic E-state index is -0.603. The second-order valence-corrected chi connectivity index (χ2v) is 3.23. The van der Waals surface area contributed by atoms with E-state index in [1.807, 2.05) is 0 Å². The van der Waals surface area contributed by atoms with Crippen molar-refractivity contribution in [2.45, 2.75) is 19.1 Å². The number of methoxy groups -OCH3 is 1. The first kappa shape index (κ1) is 18.8. The van der Waals surface area contributed by atoms with Gasteiger partial charge in [0.05, 0.1) is 25.9 Å². The molecule has 0 fully saturated rings. The summed E-state index contributed by atoms with van der Waals surface area (Å²) in [6.07, 6.45) is 0.211. The van der Waals surface area contributed by atoms with Gasteiger partial charge in [-0.3, -0.25) is 0 Å². The Morgan fingerprint density at radius 3 is 2.41 bits per heavy atom. The molecule has 0 aromatic carbocycles. The van der Waals surface area contributed by atoms with Crippen LogP contribution in [0.25, 0.3) is 0 Å². The summed E-state index contributed by atoms with van der Waals surface area (Å²) in [7, 11) is 1.51. The number of thiol groups is 1. The molecule has 0 aromatic heterocycles. The number of aliphatic hydroxyl groups excluding tert-OH is 2. The Morgan fingerprint density at radius 2 is 2.12 bits per heavy atom.